The second kappa shape index (κ2) is 2.94. The van der Waals surface area contributed by atoms with Crippen molar-refractivity contribution in [3.63, 3.8) is 0 Å². The van der Waals surface area contributed by atoms with Crippen molar-refractivity contribution in [2.24, 2.45) is 0 Å². The molecule has 4 nitrogen and oxygen atoms in total. The maximum Gasteiger partial charge on any atom is 0.268 e. The average Bonchev–Trinajstić information content (AvgIpc) is 2.18. The lowest BCUT2D eigenvalue weighted by Gasteiger charge is -2.17. The van der Waals surface area contributed by atoms with Gasteiger partial charge in [-0.05, 0) is 18.4 Å². The van der Waals surface area contributed by atoms with Gasteiger partial charge in [0.1, 0.15) is 11.6 Å². The molecule has 0 saturated carbocycles. The Balaban J connectivity index is 2.67. The molecule has 1 aromatic rings. The maximum atomic E-state index is 11.2. The molecule has 66 valence electrons. The van der Waals surface area contributed by atoms with Gasteiger partial charge in [-0.15, -0.1) is 0 Å². The standard InChI is InChI=1S/C9H9N3O/c10-4-7-8-6(2-1-3-11-8)5-12-9(7)13/h5,11H,1-3H2,(H,12,13). The summed E-state index contributed by atoms with van der Waals surface area (Å²) in [5.74, 6) is 0. The molecule has 2 rings (SSSR count). The van der Waals surface area contributed by atoms with Crippen LogP contribution in [0.3, 0.4) is 0 Å². The first-order chi connectivity index (χ1) is 6.33. The van der Waals surface area contributed by atoms with Gasteiger partial charge in [0.05, 0.1) is 5.69 Å². The van der Waals surface area contributed by atoms with E-state index in [4.69, 9.17) is 5.26 Å². The van der Waals surface area contributed by atoms with E-state index in [1.54, 1.807) is 6.20 Å². The van der Waals surface area contributed by atoms with Crippen LogP contribution in [0.4, 0.5) is 5.69 Å². The molecule has 0 radical (unpaired) electrons. The number of aryl methyl sites for hydroxylation is 1. The summed E-state index contributed by atoms with van der Waals surface area (Å²) in [6, 6.07) is 1.92. The summed E-state index contributed by atoms with van der Waals surface area (Å²) < 4.78 is 0. The Kier molecular flexibility index (Phi) is 1.78. The minimum Gasteiger partial charge on any atom is -0.384 e. The van der Waals surface area contributed by atoms with Gasteiger partial charge in [-0.2, -0.15) is 5.26 Å². The molecule has 2 heterocycles. The number of hydrogen-bond acceptors (Lipinski definition) is 3. The fourth-order valence-electron chi connectivity index (χ4n) is 1.57. The van der Waals surface area contributed by atoms with Crippen molar-refractivity contribution in [1.29, 1.82) is 5.26 Å². The summed E-state index contributed by atoms with van der Waals surface area (Å²) in [6.07, 6.45) is 3.66. The molecule has 0 saturated heterocycles. The molecular formula is C9H9N3O. The smallest absolute Gasteiger partial charge is 0.268 e. The zero-order valence-corrected chi connectivity index (χ0v) is 7.05. The molecule has 0 aliphatic carbocycles. The van der Waals surface area contributed by atoms with Gasteiger partial charge in [0.15, 0.2) is 0 Å². The largest absolute Gasteiger partial charge is 0.384 e. The SMILES string of the molecule is N#Cc1c2c(c[nH]c1=O)CCCN2. The third kappa shape index (κ3) is 1.18. The molecule has 1 aromatic heterocycles. The Morgan fingerprint density at radius 1 is 1.54 bits per heavy atom. The second-order valence-electron chi connectivity index (χ2n) is 3.04. The van der Waals surface area contributed by atoms with E-state index in [2.05, 4.69) is 10.3 Å². The van der Waals surface area contributed by atoms with Crippen LogP contribution >= 0.6 is 0 Å². The van der Waals surface area contributed by atoms with E-state index in [1.165, 1.54) is 0 Å². The first-order valence-electron chi connectivity index (χ1n) is 4.21. The van der Waals surface area contributed by atoms with E-state index in [-0.39, 0.29) is 11.1 Å². The van der Waals surface area contributed by atoms with Crippen LogP contribution in [0.15, 0.2) is 11.0 Å². The van der Waals surface area contributed by atoms with E-state index in [1.807, 2.05) is 6.07 Å². The molecule has 1 aliphatic rings. The highest BCUT2D eigenvalue weighted by Crippen LogP contribution is 2.21. The number of aromatic amines is 1. The molecule has 0 spiro atoms. The van der Waals surface area contributed by atoms with Crippen molar-refractivity contribution in [3.05, 3.63) is 27.7 Å². The molecule has 1 aliphatic heterocycles. The summed E-state index contributed by atoms with van der Waals surface area (Å²) in [6.45, 7) is 0.838. The zero-order chi connectivity index (χ0) is 9.26. The van der Waals surface area contributed by atoms with Gasteiger partial charge in [0.2, 0.25) is 0 Å². The Morgan fingerprint density at radius 3 is 3.15 bits per heavy atom. The van der Waals surface area contributed by atoms with Crippen molar-refractivity contribution in [1.82, 2.24) is 4.98 Å². The normalized spacial score (nSPS) is 14.1. The van der Waals surface area contributed by atoms with E-state index < -0.39 is 0 Å². The lowest BCUT2D eigenvalue weighted by atomic mass is 10.0. The van der Waals surface area contributed by atoms with Crippen LogP contribution in [-0.4, -0.2) is 11.5 Å². The van der Waals surface area contributed by atoms with Gasteiger partial charge in [-0.3, -0.25) is 4.79 Å². The highest BCUT2D eigenvalue weighted by Gasteiger charge is 2.14. The van der Waals surface area contributed by atoms with E-state index in [0.29, 0.717) is 0 Å². The van der Waals surface area contributed by atoms with Crippen LogP contribution in [-0.2, 0) is 6.42 Å². The predicted octanol–water partition coefficient (Wildman–Crippen LogP) is 0.605. The Labute approximate surface area is 75.2 Å². The molecule has 0 aromatic carbocycles. The van der Waals surface area contributed by atoms with Crippen molar-refractivity contribution < 1.29 is 0 Å². The van der Waals surface area contributed by atoms with E-state index >= 15 is 0 Å². The predicted molar refractivity (Wildman–Crippen MR) is 48.6 cm³/mol. The van der Waals surface area contributed by atoms with Crippen LogP contribution in [0, 0.1) is 11.3 Å². The lowest BCUT2D eigenvalue weighted by molar-refractivity contribution is 0.820. The molecule has 2 N–H and O–H groups in total. The Morgan fingerprint density at radius 2 is 2.38 bits per heavy atom. The van der Waals surface area contributed by atoms with Gasteiger partial charge in [-0.25, -0.2) is 0 Å². The van der Waals surface area contributed by atoms with Gasteiger partial charge in [0.25, 0.3) is 5.56 Å². The van der Waals surface area contributed by atoms with Crippen molar-refractivity contribution >= 4 is 5.69 Å². The van der Waals surface area contributed by atoms with Gasteiger partial charge < -0.3 is 10.3 Å². The van der Waals surface area contributed by atoms with Gasteiger partial charge in [0, 0.05) is 12.7 Å². The third-order valence-electron chi connectivity index (χ3n) is 2.21. The van der Waals surface area contributed by atoms with Gasteiger partial charge in [-0.1, -0.05) is 0 Å². The average molecular weight is 175 g/mol. The number of nitriles is 1. The molecule has 0 bridgehead atoms. The van der Waals surface area contributed by atoms with Crippen LogP contribution < -0.4 is 10.9 Å². The van der Waals surface area contributed by atoms with E-state index in [0.717, 1.165) is 30.6 Å². The number of nitrogens with zero attached hydrogens (tertiary/aromatic N) is 1. The Hall–Kier alpha value is -1.76. The molecule has 4 heteroatoms. The minimum atomic E-state index is -0.310. The molecule has 13 heavy (non-hydrogen) atoms. The third-order valence-corrected chi connectivity index (χ3v) is 2.21. The van der Waals surface area contributed by atoms with Crippen molar-refractivity contribution in [3.8, 4) is 6.07 Å². The molecule has 0 unspecified atom stereocenters. The monoisotopic (exact) mass is 175 g/mol. The summed E-state index contributed by atoms with van der Waals surface area (Å²) >= 11 is 0. The first-order valence-corrected chi connectivity index (χ1v) is 4.21. The second-order valence-corrected chi connectivity index (χ2v) is 3.04. The Bertz CT molecular complexity index is 427. The number of pyridine rings is 1. The summed E-state index contributed by atoms with van der Waals surface area (Å²) in [7, 11) is 0. The van der Waals surface area contributed by atoms with Gasteiger partial charge >= 0.3 is 0 Å². The number of H-pyrrole nitrogens is 1. The molecule has 0 amide bonds. The molecule has 0 fully saturated rings. The number of fused-ring (bicyclic) bond motifs is 1. The summed E-state index contributed by atoms with van der Waals surface area (Å²) in [5, 5.41) is 11.8. The number of nitrogens with one attached hydrogen (secondary N) is 2. The van der Waals surface area contributed by atoms with Crippen molar-refractivity contribution in [2.45, 2.75) is 12.8 Å². The fourth-order valence-corrected chi connectivity index (χ4v) is 1.57. The maximum absolute atomic E-state index is 11.2. The highest BCUT2D eigenvalue weighted by atomic mass is 16.1. The molecule has 0 atom stereocenters. The zero-order valence-electron chi connectivity index (χ0n) is 7.05. The number of hydrogen-bond donors (Lipinski definition) is 2. The topological polar surface area (TPSA) is 68.7 Å². The van der Waals surface area contributed by atoms with E-state index in [9.17, 15) is 4.79 Å². The first kappa shape index (κ1) is 7.87. The number of rotatable bonds is 0. The summed E-state index contributed by atoms with van der Waals surface area (Å²) in [4.78, 5) is 13.8. The quantitative estimate of drug-likeness (QED) is 0.606. The number of aromatic nitrogens is 1. The molecular weight excluding hydrogens is 166 g/mol. The fraction of sp³-hybridized carbons (Fsp3) is 0.333. The highest BCUT2D eigenvalue weighted by molar-refractivity contribution is 5.62. The summed E-state index contributed by atoms with van der Waals surface area (Å²) in [5.41, 5.74) is 1.65. The minimum absolute atomic E-state index is 0.206. The van der Waals surface area contributed by atoms with Crippen molar-refractivity contribution in [2.75, 3.05) is 11.9 Å². The van der Waals surface area contributed by atoms with Crippen LogP contribution in [0.5, 0.6) is 0 Å². The van der Waals surface area contributed by atoms with Crippen LogP contribution in [0.1, 0.15) is 17.5 Å². The number of anilines is 1. The lowest BCUT2D eigenvalue weighted by Crippen LogP contribution is -2.20. The van der Waals surface area contributed by atoms with Crippen LogP contribution in [0.2, 0.25) is 0 Å². The van der Waals surface area contributed by atoms with Crippen LogP contribution in [0.25, 0.3) is 0 Å².